The first-order chi connectivity index (χ1) is 13.0. The average molecular weight is 372 g/mol. The number of para-hydroxylation sites is 2. The molecular weight excluding hydrogens is 344 g/mol. The van der Waals surface area contributed by atoms with Gasteiger partial charge >= 0.3 is 0 Å². The van der Waals surface area contributed by atoms with Gasteiger partial charge in [0.25, 0.3) is 0 Å². The van der Waals surface area contributed by atoms with Crippen LogP contribution in [0.2, 0.25) is 0 Å². The van der Waals surface area contributed by atoms with Crippen LogP contribution in [0.1, 0.15) is 27.2 Å². The van der Waals surface area contributed by atoms with Gasteiger partial charge in [-0.25, -0.2) is 9.97 Å². The lowest BCUT2D eigenvalue weighted by atomic mass is 10.2. The molecule has 2 aliphatic heterocycles. The summed E-state index contributed by atoms with van der Waals surface area (Å²) in [5.41, 5.74) is 1.79. The highest BCUT2D eigenvalue weighted by Crippen LogP contribution is 2.29. The summed E-state index contributed by atoms with van der Waals surface area (Å²) in [6.45, 7) is 9.79. The number of nitrogens with zero attached hydrogens (tertiary/aromatic N) is 3. The van der Waals surface area contributed by atoms with Crippen LogP contribution in [-0.2, 0) is 14.2 Å². The highest BCUT2D eigenvalue weighted by Gasteiger charge is 2.31. The minimum atomic E-state index is -0.514. The predicted octanol–water partition coefficient (Wildman–Crippen LogP) is 2.81. The number of hydrogen-bond acceptors (Lipinski definition) is 7. The molecular formula is C20H28N4O3. The van der Waals surface area contributed by atoms with Crippen molar-refractivity contribution in [2.24, 2.45) is 0 Å². The first-order valence-corrected chi connectivity index (χ1v) is 9.71. The molecule has 7 nitrogen and oxygen atoms in total. The normalized spacial score (nSPS) is 25.1. The summed E-state index contributed by atoms with van der Waals surface area (Å²) in [4.78, 5) is 12.0. The lowest BCUT2D eigenvalue weighted by Gasteiger charge is -2.36. The second-order valence-electron chi connectivity index (χ2n) is 7.55. The molecule has 27 heavy (non-hydrogen) atoms. The molecule has 0 amide bonds. The first-order valence-electron chi connectivity index (χ1n) is 9.71. The number of anilines is 2. The Morgan fingerprint density at radius 1 is 1.07 bits per heavy atom. The SMILES string of the molecule is CC1CN(c2nc3ccccc3nc2NCCC2(C)OCCO2)CC(C)O1. The van der Waals surface area contributed by atoms with Crippen LogP contribution in [0.15, 0.2) is 24.3 Å². The average Bonchev–Trinajstić information content (AvgIpc) is 3.07. The van der Waals surface area contributed by atoms with E-state index in [0.29, 0.717) is 19.8 Å². The molecule has 2 aromatic rings. The molecule has 146 valence electrons. The Balaban J connectivity index is 1.58. The van der Waals surface area contributed by atoms with Crippen molar-refractivity contribution in [2.45, 2.75) is 45.2 Å². The van der Waals surface area contributed by atoms with Gasteiger partial charge in [-0.1, -0.05) is 12.1 Å². The maximum absolute atomic E-state index is 5.88. The molecule has 0 aliphatic carbocycles. The zero-order valence-corrected chi connectivity index (χ0v) is 16.3. The number of ether oxygens (including phenoxy) is 3. The fraction of sp³-hybridized carbons (Fsp3) is 0.600. The summed E-state index contributed by atoms with van der Waals surface area (Å²) in [5, 5.41) is 3.47. The monoisotopic (exact) mass is 372 g/mol. The van der Waals surface area contributed by atoms with E-state index in [2.05, 4.69) is 24.1 Å². The first kappa shape index (κ1) is 18.4. The van der Waals surface area contributed by atoms with Gasteiger partial charge in [0.1, 0.15) is 0 Å². The third-order valence-corrected chi connectivity index (χ3v) is 5.04. The Labute approximate surface area is 160 Å². The lowest BCUT2D eigenvalue weighted by molar-refractivity contribution is -0.144. The van der Waals surface area contributed by atoms with Crippen molar-refractivity contribution in [2.75, 3.05) is 43.1 Å². The number of nitrogens with one attached hydrogen (secondary N) is 1. The number of morpholine rings is 1. The zero-order valence-electron chi connectivity index (χ0n) is 16.3. The number of rotatable bonds is 5. The molecule has 4 rings (SSSR count). The van der Waals surface area contributed by atoms with Crippen LogP contribution >= 0.6 is 0 Å². The summed E-state index contributed by atoms with van der Waals surface area (Å²) in [7, 11) is 0. The van der Waals surface area contributed by atoms with E-state index < -0.39 is 5.79 Å². The standard InChI is InChI=1S/C20H28N4O3/c1-14-12-24(13-15(2)27-14)19-18(21-9-8-20(3)25-10-11-26-20)22-16-6-4-5-7-17(16)23-19/h4-7,14-15H,8-13H2,1-3H3,(H,21,22). The van der Waals surface area contributed by atoms with Crippen LogP contribution in [-0.4, -0.2) is 60.8 Å². The van der Waals surface area contributed by atoms with E-state index in [9.17, 15) is 0 Å². The Hall–Kier alpha value is -1.96. The van der Waals surface area contributed by atoms with E-state index in [1.165, 1.54) is 0 Å². The quantitative estimate of drug-likeness (QED) is 0.865. The van der Waals surface area contributed by atoms with E-state index >= 15 is 0 Å². The van der Waals surface area contributed by atoms with Gasteiger partial charge in [0, 0.05) is 26.1 Å². The molecule has 2 unspecified atom stereocenters. The molecule has 3 heterocycles. The number of benzene rings is 1. The van der Waals surface area contributed by atoms with Crippen molar-refractivity contribution in [3.8, 4) is 0 Å². The van der Waals surface area contributed by atoms with Crippen LogP contribution in [0.5, 0.6) is 0 Å². The maximum Gasteiger partial charge on any atom is 0.172 e. The summed E-state index contributed by atoms with van der Waals surface area (Å²) in [6, 6.07) is 7.98. The highest BCUT2D eigenvalue weighted by atomic mass is 16.7. The topological polar surface area (TPSA) is 68.7 Å². The van der Waals surface area contributed by atoms with Gasteiger partial charge in [-0.2, -0.15) is 0 Å². The van der Waals surface area contributed by atoms with E-state index in [0.717, 1.165) is 42.2 Å². The zero-order chi connectivity index (χ0) is 18.9. The molecule has 0 radical (unpaired) electrons. The van der Waals surface area contributed by atoms with E-state index in [4.69, 9.17) is 24.2 Å². The van der Waals surface area contributed by atoms with E-state index in [1.54, 1.807) is 0 Å². The van der Waals surface area contributed by atoms with Gasteiger partial charge in [-0.05, 0) is 32.9 Å². The molecule has 1 N–H and O–H groups in total. The fourth-order valence-electron chi connectivity index (χ4n) is 3.79. The molecule has 2 atom stereocenters. The number of fused-ring (bicyclic) bond motifs is 1. The molecule has 2 saturated heterocycles. The Bertz CT molecular complexity index is 784. The summed E-state index contributed by atoms with van der Waals surface area (Å²) >= 11 is 0. The number of hydrogen-bond donors (Lipinski definition) is 1. The van der Waals surface area contributed by atoms with Crippen molar-refractivity contribution in [3.05, 3.63) is 24.3 Å². The molecule has 1 aromatic heterocycles. The Morgan fingerprint density at radius 2 is 1.70 bits per heavy atom. The van der Waals surface area contributed by atoms with Gasteiger partial charge in [0.05, 0.1) is 36.5 Å². The van der Waals surface area contributed by atoms with Gasteiger partial charge in [0.2, 0.25) is 0 Å². The molecule has 0 spiro atoms. The molecule has 1 aromatic carbocycles. The maximum atomic E-state index is 5.88. The molecule has 0 saturated carbocycles. The summed E-state index contributed by atoms with van der Waals surface area (Å²) < 4.78 is 17.3. The van der Waals surface area contributed by atoms with Crippen molar-refractivity contribution >= 4 is 22.7 Å². The van der Waals surface area contributed by atoms with Crippen LogP contribution < -0.4 is 10.2 Å². The smallest absolute Gasteiger partial charge is 0.172 e. The number of aromatic nitrogens is 2. The lowest BCUT2D eigenvalue weighted by Crippen LogP contribution is -2.46. The Morgan fingerprint density at radius 3 is 2.37 bits per heavy atom. The minimum Gasteiger partial charge on any atom is -0.372 e. The largest absolute Gasteiger partial charge is 0.372 e. The van der Waals surface area contributed by atoms with Crippen LogP contribution in [0.25, 0.3) is 11.0 Å². The minimum absolute atomic E-state index is 0.161. The second-order valence-corrected chi connectivity index (χ2v) is 7.55. The molecule has 7 heteroatoms. The van der Waals surface area contributed by atoms with Crippen molar-refractivity contribution in [1.29, 1.82) is 0 Å². The van der Waals surface area contributed by atoms with Gasteiger partial charge < -0.3 is 24.4 Å². The third-order valence-electron chi connectivity index (χ3n) is 5.04. The fourth-order valence-corrected chi connectivity index (χ4v) is 3.79. The van der Waals surface area contributed by atoms with E-state index in [-0.39, 0.29) is 12.2 Å². The highest BCUT2D eigenvalue weighted by molar-refractivity contribution is 5.80. The van der Waals surface area contributed by atoms with Crippen LogP contribution in [0.3, 0.4) is 0 Å². The van der Waals surface area contributed by atoms with Crippen molar-refractivity contribution < 1.29 is 14.2 Å². The summed E-state index contributed by atoms with van der Waals surface area (Å²) in [5.74, 6) is 1.17. The van der Waals surface area contributed by atoms with Gasteiger partial charge in [0.15, 0.2) is 17.4 Å². The van der Waals surface area contributed by atoms with Crippen molar-refractivity contribution in [3.63, 3.8) is 0 Å². The predicted molar refractivity (Wildman–Crippen MR) is 105 cm³/mol. The molecule has 2 aliphatic rings. The third kappa shape index (κ3) is 4.15. The molecule has 2 fully saturated rings. The molecule has 0 bridgehead atoms. The Kier molecular flexibility index (Phi) is 5.16. The van der Waals surface area contributed by atoms with E-state index in [1.807, 2.05) is 31.2 Å². The second kappa shape index (κ2) is 7.58. The summed E-state index contributed by atoms with van der Waals surface area (Å²) in [6.07, 6.45) is 1.07. The van der Waals surface area contributed by atoms with Crippen LogP contribution in [0, 0.1) is 0 Å². The van der Waals surface area contributed by atoms with Gasteiger partial charge in [-0.3, -0.25) is 0 Å². The van der Waals surface area contributed by atoms with Crippen LogP contribution in [0.4, 0.5) is 11.6 Å². The van der Waals surface area contributed by atoms with Gasteiger partial charge in [-0.15, -0.1) is 0 Å². The van der Waals surface area contributed by atoms with Crippen molar-refractivity contribution in [1.82, 2.24) is 9.97 Å².